The Kier molecular flexibility index (Phi) is 7.72. The molecule has 0 saturated carbocycles. The number of anilines is 1. The number of benzene rings is 2. The minimum Gasteiger partial charge on any atom is -0.497 e. The van der Waals surface area contributed by atoms with Gasteiger partial charge in [-0.15, -0.1) is 10.2 Å². The van der Waals surface area contributed by atoms with Crippen LogP contribution in [0.2, 0.25) is 0 Å². The van der Waals surface area contributed by atoms with Crippen molar-refractivity contribution in [2.24, 2.45) is 7.05 Å². The molecule has 3 aromatic rings. The van der Waals surface area contributed by atoms with E-state index in [-0.39, 0.29) is 23.6 Å². The molecule has 3 rings (SSSR count). The smallest absolute Gasteiger partial charge is 0.251 e. The number of thioether (sulfide) groups is 1. The Balaban J connectivity index is 1.56. The van der Waals surface area contributed by atoms with Gasteiger partial charge in [0.15, 0.2) is 11.0 Å². The molecular weight excluding hydrogens is 430 g/mol. The van der Waals surface area contributed by atoms with E-state index in [0.29, 0.717) is 33.7 Å². The molecule has 0 unspecified atom stereocenters. The molecule has 0 aliphatic rings. The Labute approximate surface area is 190 Å². The van der Waals surface area contributed by atoms with Crippen LogP contribution in [0.3, 0.4) is 0 Å². The van der Waals surface area contributed by atoms with E-state index < -0.39 is 0 Å². The van der Waals surface area contributed by atoms with Crippen LogP contribution in [0, 0.1) is 0 Å². The number of carbonyl (C=O) groups is 2. The minimum absolute atomic E-state index is 0.162. The average molecular weight is 456 g/mol. The molecule has 9 nitrogen and oxygen atoms in total. The first-order valence-corrected chi connectivity index (χ1v) is 10.8. The van der Waals surface area contributed by atoms with Crippen LogP contribution in [0.1, 0.15) is 29.1 Å². The number of ether oxygens (including phenoxy) is 2. The lowest BCUT2D eigenvalue weighted by Gasteiger charge is -2.14. The van der Waals surface area contributed by atoms with Crippen LogP contribution >= 0.6 is 11.8 Å². The molecular formula is C22H25N5O4S. The molecule has 2 aromatic carbocycles. The summed E-state index contributed by atoms with van der Waals surface area (Å²) in [4.78, 5) is 24.8. The third-order valence-electron chi connectivity index (χ3n) is 4.64. The summed E-state index contributed by atoms with van der Waals surface area (Å²) in [6.45, 7) is 1.83. The lowest BCUT2D eigenvalue weighted by Crippen LogP contribution is -2.28. The van der Waals surface area contributed by atoms with Crippen molar-refractivity contribution in [3.63, 3.8) is 0 Å². The van der Waals surface area contributed by atoms with Crippen molar-refractivity contribution >= 4 is 29.3 Å². The van der Waals surface area contributed by atoms with Gasteiger partial charge in [-0.2, -0.15) is 0 Å². The number of methoxy groups -OCH3 is 2. The molecule has 0 saturated heterocycles. The zero-order chi connectivity index (χ0) is 23.1. The fourth-order valence-corrected chi connectivity index (χ4v) is 3.66. The summed E-state index contributed by atoms with van der Waals surface area (Å²) < 4.78 is 12.0. The molecule has 2 amide bonds. The standard InChI is InChI=1S/C22H25N5O4S/c1-14(23-21(29)15-8-10-17(30-3)11-9-15)20-25-26-22(27(20)2)32-13-19(28)24-16-6-5-7-18(12-16)31-4/h5-12,14H,13H2,1-4H3,(H,23,29)(H,24,28)/t14-/m0/s1. The van der Waals surface area contributed by atoms with Crippen LogP contribution in [0.4, 0.5) is 5.69 Å². The zero-order valence-electron chi connectivity index (χ0n) is 18.3. The predicted octanol–water partition coefficient (Wildman–Crippen LogP) is 3.05. The highest BCUT2D eigenvalue weighted by Crippen LogP contribution is 2.21. The summed E-state index contributed by atoms with van der Waals surface area (Å²) in [5, 5.41) is 14.6. The predicted molar refractivity (Wildman–Crippen MR) is 122 cm³/mol. The fraction of sp³-hybridized carbons (Fsp3) is 0.273. The fourth-order valence-electron chi connectivity index (χ4n) is 2.94. The van der Waals surface area contributed by atoms with Gasteiger partial charge in [-0.25, -0.2) is 0 Å². The van der Waals surface area contributed by atoms with Crippen molar-refractivity contribution in [2.75, 3.05) is 25.3 Å². The van der Waals surface area contributed by atoms with Crippen molar-refractivity contribution in [2.45, 2.75) is 18.1 Å². The van der Waals surface area contributed by atoms with Gasteiger partial charge in [0.2, 0.25) is 5.91 Å². The number of rotatable bonds is 9. The van der Waals surface area contributed by atoms with Gasteiger partial charge in [0.05, 0.1) is 26.0 Å². The molecule has 168 valence electrons. The molecule has 1 heterocycles. The molecule has 0 fully saturated rings. The number of aromatic nitrogens is 3. The maximum absolute atomic E-state index is 12.5. The summed E-state index contributed by atoms with van der Waals surface area (Å²) in [5.74, 6) is 1.70. The number of amides is 2. The summed E-state index contributed by atoms with van der Waals surface area (Å²) >= 11 is 1.26. The lowest BCUT2D eigenvalue weighted by atomic mass is 10.2. The first-order chi connectivity index (χ1) is 15.4. The Morgan fingerprint density at radius 1 is 1.06 bits per heavy atom. The van der Waals surface area contributed by atoms with Gasteiger partial charge in [-0.05, 0) is 43.3 Å². The quantitative estimate of drug-likeness (QED) is 0.478. The maximum Gasteiger partial charge on any atom is 0.251 e. The molecule has 1 aromatic heterocycles. The molecule has 0 aliphatic heterocycles. The second kappa shape index (κ2) is 10.7. The van der Waals surface area contributed by atoms with Crippen molar-refractivity contribution in [1.82, 2.24) is 20.1 Å². The monoisotopic (exact) mass is 455 g/mol. The Hall–Kier alpha value is -3.53. The van der Waals surface area contributed by atoms with Crippen molar-refractivity contribution < 1.29 is 19.1 Å². The van der Waals surface area contributed by atoms with E-state index in [9.17, 15) is 9.59 Å². The van der Waals surface area contributed by atoms with Gasteiger partial charge >= 0.3 is 0 Å². The molecule has 2 N–H and O–H groups in total. The van der Waals surface area contributed by atoms with E-state index in [0.717, 1.165) is 0 Å². The highest BCUT2D eigenvalue weighted by molar-refractivity contribution is 7.99. The van der Waals surface area contributed by atoms with Crippen molar-refractivity contribution in [3.8, 4) is 11.5 Å². The second-order valence-electron chi connectivity index (χ2n) is 6.89. The van der Waals surface area contributed by atoms with E-state index in [1.54, 1.807) is 74.4 Å². The normalized spacial score (nSPS) is 11.5. The van der Waals surface area contributed by atoms with Gasteiger partial charge in [0, 0.05) is 24.4 Å². The Bertz CT molecular complexity index is 1080. The average Bonchev–Trinajstić information content (AvgIpc) is 3.18. The second-order valence-corrected chi connectivity index (χ2v) is 7.83. The van der Waals surface area contributed by atoms with Crippen molar-refractivity contribution in [3.05, 3.63) is 59.9 Å². The molecule has 0 spiro atoms. The number of hydrogen-bond acceptors (Lipinski definition) is 7. The van der Waals surface area contributed by atoms with Crippen LogP contribution in [0.25, 0.3) is 0 Å². The summed E-state index contributed by atoms with van der Waals surface area (Å²) in [6.07, 6.45) is 0. The Morgan fingerprint density at radius 2 is 1.78 bits per heavy atom. The summed E-state index contributed by atoms with van der Waals surface area (Å²) in [6, 6.07) is 13.6. The molecule has 1 atom stereocenters. The SMILES string of the molecule is COc1ccc(C(=O)N[C@@H](C)c2nnc(SCC(=O)Nc3cccc(OC)c3)n2C)cc1. The van der Waals surface area contributed by atoms with Crippen LogP contribution in [0.15, 0.2) is 53.7 Å². The van der Waals surface area contributed by atoms with Gasteiger partial charge in [0.25, 0.3) is 5.91 Å². The minimum atomic E-state index is -0.373. The summed E-state index contributed by atoms with van der Waals surface area (Å²) in [5.41, 5.74) is 1.17. The number of nitrogens with zero attached hydrogens (tertiary/aromatic N) is 3. The third kappa shape index (κ3) is 5.79. The third-order valence-corrected chi connectivity index (χ3v) is 5.66. The van der Waals surface area contributed by atoms with Gasteiger partial charge < -0.3 is 24.7 Å². The molecule has 0 radical (unpaired) electrons. The molecule has 0 aliphatic carbocycles. The van der Waals surface area contributed by atoms with Crippen LogP contribution in [-0.4, -0.2) is 46.6 Å². The van der Waals surface area contributed by atoms with Gasteiger partial charge in [-0.3, -0.25) is 9.59 Å². The van der Waals surface area contributed by atoms with Crippen LogP contribution in [-0.2, 0) is 11.8 Å². The first kappa shape index (κ1) is 23.1. The summed E-state index contributed by atoms with van der Waals surface area (Å²) in [7, 11) is 4.94. The van der Waals surface area contributed by atoms with Gasteiger partial charge in [0.1, 0.15) is 11.5 Å². The lowest BCUT2D eigenvalue weighted by molar-refractivity contribution is -0.113. The Morgan fingerprint density at radius 3 is 2.47 bits per heavy atom. The first-order valence-electron chi connectivity index (χ1n) is 9.82. The van der Waals surface area contributed by atoms with E-state index in [2.05, 4.69) is 20.8 Å². The molecule has 0 bridgehead atoms. The number of hydrogen-bond donors (Lipinski definition) is 2. The van der Waals surface area contributed by atoms with E-state index in [1.165, 1.54) is 11.8 Å². The van der Waals surface area contributed by atoms with Crippen LogP contribution < -0.4 is 20.1 Å². The maximum atomic E-state index is 12.5. The molecule has 32 heavy (non-hydrogen) atoms. The highest BCUT2D eigenvalue weighted by Gasteiger charge is 2.19. The van der Waals surface area contributed by atoms with Crippen molar-refractivity contribution in [1.29, 1.82) is 0 Å². The van der Waals surface area contributed by atoms with E-state index in [4.69, 9.17) is 9.47 Å². The largest absolute Gasteiger partial charge is 0.497 e. The van der Waals surface area contributed by atoms with E-state index in [1.807, 2.05) is 6.92 Å². The van der Waals surface area contributed by atoms with E-state index >= 15 is 0 Å². The topological polar surface area (TPSA) is 107 Å². The number of carbonyl (C=O) groups excluding carboxylic acids is 2. The van der Waals surface area contributed by atoms with Crippen LogP contribution in [0.5, 0.6) is 11.5 Å². The highest BCUT2D eigenvalue weighted by atomic mass is 32.2. The molecule has 10 heteroatoms. The zero-order valence-corrected chi connectivity index (χ0v) is 19.1. The van der Waals surface area contributed by atoms with Gasteiger partial charge in [-0.1, -0.05) is 17.8 Å². The number of nitrogens with one attached hydrogen (secondary N) is 2.